The van der Waals surface area contributed by atoms with Crippen LogP contribution in [0.3, 0.4) is 0 Å². The Labute approximate surface area is 109 Å². The Kier molecular flexibility index (Phi) is 4.77. The van der Waals surface area contributed by atoms with Gasteiger partial charge in [0.05, 0.1) is 11.1 Å². The van der Waals surface area contributed by atoms with Crippen molar-refractivity contribution in [3.05, 3.63) is 29.3 Å². The first-order valence-corrected chi connectivity index (χ1v) is 5.72. The van der Waals surface area contributed by atoms with E-state index in [1.54, 1.807) is 6.92 Å². The van der Waals surface area contributed by atoms with Crippen LogP contribution in [-0.2, 0) is 6.18 Å². The molecule has 19 heavy (non-hydrogen) atoms. The highest BCUT2D eigenvalue weighted by molar-refractivity contribution is 5.95. The van der Waals surface area contributed by atoms with Crippen molar-refractivity contribution in [2.75, 3.05) is 11.9 Å². The predicted octanol–water partition coefficient (Wildman–Crippen LogP) is 1.95. The summed E-state index contributed by atoms with van der Waals surface area (Å²) in [6.45, 7) is 2.25. The summed E-state index contributed by atoms with van der Waals surface area (Å²) in [6, 6.07) is 3.29. The number of halogens is 3. The van der Waals surface area contributed by atoms with Gasteiger partial charge >= 0.3 is 6.18 Å². The van der Waals surface area contributed by atoms with E-state index in [1.165, 1.54) is 6.07 Å². The monoisotopic (exact) mass is 275 g/mol. The van der Waals surface area contributed by atoms with Crippen LogP contribution in [0.15, 0.2) is 18.2 Å². The van der Waals surface area contributed by atoms with Gasteiger partial charge in [-0.2, -0.15) is 13.2 Å². The molecule has 0 aliphatic carbocycles. The van der Waals surface area contributed by atoms with E-state index in [0.717, 1.165) is 12.1 Å². The molecule has 1 aromatic carbocycles. The maximum absolute atomic E-state index is 12.8. The standard InChI is InChI=1S/C12H16F3N3O/c1-7(16)4-5-18-8-2-3-9(11(17)19)10(6-8)12(13,14)15/h2-3,6-7,18H,4-5,16H2,1H3,(H2,17,19). The summed E-state index contributed by atoms with van der Waals surface area (Å²) in [5.41, 5.74) is 9.17. The van der Waals surface area contributed by atoms with Crippen LogP contribution in [0, 0.1) is 0 Å². The van der Waals surface area contributed by atoms with Crippen molar-refractivity contribution in [3.8, 4) is 0 Å². The van der Waals surface area contributed by atoms with Crippen molar-refractivity contribution in [1.29, 1.82) is 0 Å². The van der Waals surface area contributed by atoms with E-state index in [-0.39, 0.29) is 11.7 Å². The number of hydrogen-bond acceptors (Lipinski definition) is 3. The van der Waals surface area contributed by atoms with Crippen LogP contribution < -0.4 is 16.8 Å². The third-order valence-corrected chi connectivity index (χ3v) is 2.52. The van der Waals surface area contributed by atoms with Crippen molar-refractivity contribution in [1.82, 2.24) is 0 Å². The highest BCUT2D eigenvalue weighted by Crippen LogP contribution is 2.33. The molecule has 1 atom stereocenters. The van der Waals surface area contributed by atoms with Gasteiger partial charge in [-0.15, -0.1) is 0 Å². The number of nitrogens with two attached hydrogens (primary N) is 2. The summed E-state index contributed by atoms with van der Waals surface area (Å²) in [6.07, 6.45) is -4.00. The van der Waals surface area contributed by atoms with Gasteiger partial charge in [0.2, 0.25) is 5.91 Å². The zero-order valence-electron chi connectivity index (χ0n) is 10.4. The van der Waals surface area contributed by atoms with E-state index in [9.17, 15) is 18.0 Å². The SMILES string of the molecule is CC(N)CCNc1ccc(C(N)=O)c(C(F)(F)F)c1. The summed E-state index contributed by atoms with van der Waals surface area (Å²) < 4.78 is 38.4. The molecule has 0 aliphatic rings. The normalized spacial score (nSPS) is 13.1. The lowest BCUT2D eigenvalue weighted by Crippen LogP contribution is -2.20. The van der Waals surface area contributed by atoms with Crippen molar-refractivity contribution < 1.29 is 18.0 Å². The zero-order chi connectivity index (χ0) is 14.6. The number of nitrogens with one attached hydrogen (secondary N) is 1. The molecule has 1 rings (SSSR count). The van der Waals surface area contributed by atoms with Crippen LogP contribution in [-0.4, -0.2) is 18.5 Å². The van der Waals surface area contributed by atoms with E-state index in [2.05, 4.69) is 5.32 Å². The number of benzene rings is 1. The topological polar surface area (TPSA) is 81.1 Å². The van der Waals surface area contributed by atoms with E-state index in [4.69, 9.17) is 11.5 Å². The molecule has 1 amide bonds. The van der Waals surface area contributed by atoms with Crippen molar-refractivity contribution in [2.24, 2.45) is 11.5 Å². The first-order valence-electron chi connectivity index (χ1n) is 5.72. The first kappa shape index (κ1) is 15.3. The number of amides is 1. The Morgan fingerprint density at radius 2 is 2.05 bits per heavy atom. The quantitative estimate of drug-likeness (QED) is 0.768. The van der Waals surface area contributed by atoms with Crippen LogP contribution >= 0.6 is 0 Å². The molecule has 0 spiro atoms. The van der Waals surface area contributed by atoms with Crippen LogP contribution in [0.4, 0.5) is 18.9 Å². The molecule has 0 bridgehead atoms. The Morgan fingerprint density at radius 1 is 1.42 bits per heavy atom. The molecule has 5 N–H and O–H groups in total. The minimum absolute atomic E-state index is 0.0421. The maximum Gasteiger partial charge on any atom is 0.417 e. The molecule has 4 nitrogen and oxygen atoms in total. The highest BCUT2D eigenvalue weighted by atomic mass is 19.4. The predicted molar refractivity (Wildman–Crippen MR) is 66.7 cm³/mol. The number of anilines is 1. The molecular weight excluding hydrogens is 259 g/mol. The second kappa shape index (κ2) is 5.92. The van der Waals surface area contributed by atoms with Gasteiger partial charge in [0.1, 0.15) is 0 Å². The summed E-state index contributed by atoms with van der Waals surface area (Å²) in [7, 11) is 0. The number of rotatable bonds is 5. The van der Waals surface area contributed by atoms with E-state index >= 15 is 0 Å². The highest BCUT2D eigenvalue weighted by Gasteiger charge is 2.35. The van der Waals surface area contributed by atoms with Crippen LogP contribution in [0.2, 0.25) is 0 Å². The molecular formula is C12H16F3N3O. The lowest BCUT2D eigenvalue weighted by atomic mass is 10.1. The Morgan fingerprint density at radius 3 is 2.53 bits per heavy atom. The number of carbonyl (C=O) groups is 1. The van der Waals surface area contributed by atoms with Crippen LogP contribution in [0.25, 0.3) is 0 Å². The van der Waals surface area contributed by atoms with Crippen molar-refractivity contribution >= 4 is 11.6 Å². The van der Waals surface area contributed by atoms with E-state index < -0.39 is 23.2 Å². The molecule has 7 heteroatoms. The fourth-order valence-electron chi connectivity index (χ4n) is 1.55. The Hall–Kier alpha value is -1.76. The maximum atomic E-state index is 12.8. The largest absolute Gasteiger partial charge is 0.417 e. The average molecular weight is 275 g/mol. The molecule has 0 saturated carbocycles. The number of primary amides is 1. The number of carbonyl (C=O) groups excluding carboxylic acids is 1. The minimum atomic E-state index is -4.62. The molecule has 0 aromatic heterocycles. The molecule has 106 valence electrons. The molecule has 0 fully saturated rings. The molecule has 0 radical (unpaired) electrons. The van der Waals surface area contributed by atoms with Gasteiger partial charge < -0.3 is 16.8 Å². The van der Waals surface area contributed by atoms with Crippen molar-refractivity contribution in [3.63, 3.8) is 0 Å². The third kappa shape index (κ3) is 4.44. The van der Waals surface area contributed by atoms with E-state index in [0.29, 0.717) is 13.0 Å². The van der Waals surface area contributed by atoms with Gasteiger partial charge in [0.25, 0.3) is 0 Å². The minimum Gasteiger partial charge on any atom is -0.385 e. The molecule has 1 unspecified atom stereocenters. The van der Waals surface area contributed by atoms with Crippen LogP contribution in [0.1, 0.15) is 29.3 Å². The van der Waals surface area contributed by atoms with Gasteiger partial charge in [-0.3, -0.25) is 4.79 Å². The second-order valence-corrected chi connectivity index (χ2v) is 4.32. The fraction of sp³-hybridized carbons (Fsp3) is 0.417. The van der Waals surface area contributed by atoms with Crippen LogP contribution in [0.5, 0.6) is 0 Å². The summed E-state index contributed by atoms with van der Waals surface area (Å²) >= 11 is 0. The van der Waals surface area contributed by atoms with Gasteiger partial charge in [-0.1, -0.05) is 0 Å². The molecule has 0 heterocycles. The third-order valence-electron chi connectivity index (χ3n) is 2.52. The molecule has 1 aromatic rings. The first-order chi connectivity index (χ1) is 8.71. The number of alkyl halides is 3. The molecule has 0 saturated heterocycles. The lowest BCUT2D eigenvalue weighted by Gasteiger charge is -2.14. The Bertz CT molecular complexity index is 458. The summed E-state index contributed by atoms with van der Waals surface area (Å²) in [4.78, 5) is 11.0. The summed E-state index contributed by atoms with van der Waals surface area (Å²) in [5.74, 6) is -1.10. The van der Waals surface area contributed by atoms with Gasteiger partial charge in [0, 0.05) is 18.3 Å². The van der Waals surface area contributed by atoms with Gasteiger partial charge in [-0.05, 0) is 31.5 Å². The van der Waals surface area contributed by atoms with Crippen molar-refractivity contribution in [2.45, 2.75) is 25.6 Å². The second-order valence-electron chi connectivity index (χ2n) is 4.32. The summed E-state index contributed by atoms with van der Waals surface area (Å²) in [5, 5.41) is 2.82. The lowest BCUT2D eigenvalue weighted by molar-refractivity contribution is -0.137. The van der Waals surface area contributed by atoms with Gasteiger partial charge in [-0.25, -0.2) is 0 Å². The smallest absolute Gasteiger partial charge is 0.385 e. The van der Waals surface area contributed by atoms with E-state index in [1.807, 2.05) is 0 Å². The average Bonchev–Trinajstić information content (AvgIpc) is 2.27. The Balaban J connectivity index is 2.96. The molecule has 0 aliphatic heterocycles. The fourth-order valence-corrected chi connectivity index (χ4v) is 1.55. The number of hydrogen-bond donors (Lipinski definition) is 3. The van der Waals surface area contributed by atoms with Gasteiger partial charge in [0.15, 0.2) is 0 Å². The zero-order valence-corrected chi connectivity index (χ0v) is 10.4.